The van der Waals surface area contributed by atoms with Gasteiger partial charge in [-0.15, -0.1) is 0 Å². The van der Waals surface area contributed by atoms with Crippen molar-refractivity contribution in [3.8, 4) is 11.5 Å². The van der Waals surface area contributed by atoms with E-state index in [1.54, 1.807) is 14.2 Å². The first-order chi connectivity index (χ1) is 11.0. The minimum atomic E-state index is 0.418. The van der Waals surface area contributed by atoms with Crippen LogP contribution in [0.25, 0.3) is 0 Å². The molecule has 1 heterocycles. The lowest BCUT2D eigenvalue weighted by Crippen LogP contribution is -2.47. The second-order valence-electron chi connectivity index (χ2n) is 6.07. The molecular weight excluding hydrogens is 310 g/mol. The number of ether oxygens (including phenoxy) is 2. The Morgan fingerprint density at radius 1 is 1.22 bits per heavy atom. The van der Waals surface area contributed by atoms with Crippen LogP contribution in [0.1, 0.15) is 26.7 Å². The van der Waals surface area contributed by atoms with E-state index in [-0.39, 0.29) is 0 Å². The molecule has 23 heavy (non-hydrogen) atoms. The normalized spacial score (nSPS) is 16.2. The van der Waals surface area contributed by atoms with Crippen molar-refractivity contribution >= 4 is 23.0 Å². The number of anilines is 1. The molecule has 0 saturated carbocycles. The number of hydrogen-bond acceptors (Lipinski definition) is 4. The highest BCUT2D eigenvalue weighted by molar-refractivity contribution is 7.80. The molecule has 1 saturated heterocycles. The highest BCUT2D eigenvalue weighted by Crippen LogP contribution is 2.28. The third-order valence-electron chi connectivity index (χ3n) is 4.25. The van der Waals surface area contributed by atoms with E-state index >= 15 is 0 Å². The summed E-state index contributed by atoms with van der Waals surface area (Å²) in [7, 11) is 3.29. The topological polar surface area (TPSA) is 45.8 Å². The van der Waals surface area contributed by atoms with Crippen LogP contribution in [0.5, 0.6) is 11.5 Å². The summed E-state index contributed by atoms with van der Waals surface area (Å²) in [5.41, 5.74) is 0.809. The number of rotatable bonds is 5. The third kappa shape index (κ3) is 4.97. The van der Waals surface area contributed by atoms with Crippen molar-refractivity contribution in [2.75, 3.05) is 32.6 Å². The van der Waals surface area contributed by atoms with Crippen LogP contribution in [0, 0.1) is 0 Å². The molecule has 1 aromatic rings. The second-order valence-corrected chi connectivity index (χ2v) is 6.48. The van der Waals surface area contributed by atoms with E-state index in [4.69, 9.17) is 21.7 Å². The molecule has 1 fully saturated rings. The van der Waals surface area contributed by atoms with Gasteiger partial charge in [-0.3, -0.25) is 0 Å². The molecule has 2 N–H and O–H groups in total. The van der Waals surface area contributed by atoms with Crippen LogP contribution in [0.15, 0.2) is 18.2 Å². The monoisotopic (exact) mass is 337 g/mol. The number of benzene rings is 1. The van der Waals surface area contributed by atoms with Crippen LogP contribution in [-0.2, 0) is 0 Å². The molecule has 0 radical (unpaired) electrons. The van der Waals surface area contributed by atoms with Crippen molar-refractivity contribution in [3.05, 3.63) is 18.2 Å². The maximum absolute atomic E-state index is 5.45. The average molecular weight is 337 g/mol. The quantitative estimate of drug-likeness (QED) is 0.806. The van der Waals surface area contributed by atoms with Crippen LogP contribution >= 0.6 is 12.2 Å². The predicted octanol–water partition coefficient (Wildman–Crippen LogP) is 2.86. The van der Waals surface area contributed by atoms with Gasteiger partial charge in [0.15, 0.2) is 5.11 Å². The van der Waals surface area contributed by atoms with Gasteiger partial charge in [-0.1, -0.05) is 0 Å². The van der Waals surface area contributed by atoms with Gasteiger partial charge in [-0.25, -0.2) is 0 Å². The summed E-state index contributed by atoms with van der Waals surface area (Å²) in [6.45, 7) is 6.71. The summed E-state index contributed by atoms with van der Waals surface area (Å²) in [4.78, 5) is 2.50. The molecule has 0 spiro atoms. The minimum absolute atomic E-state index is 0.418. The summed E-state index contributed by atoms with van der Waals surface area (Å²) >= 11 is 5.45. The van der Waals surface area contributed by atoms with E-state index in [0.29, 0.717) is 17.2 Å². The Hall–Kier alpha value is -1.53. The number of likely N-dealkylation sites (tertiary alicyclic amines) is 1. The van der Waals surface area contributed by atoms with Gasteiger partial charge in [0.05, 0.1) is 19.9 Å². The lowest BCUT2D eigenvalue weighted by atomic mass is 10.0. The first kappa shape index (κ1) is 17.8. The zero-order chi connectivity index (χ0) is 16.8. The molecule has 0 bridgehead atoms. The van der Waals surface area contributed by atoms with Crippen LogP contribution in [0.4, 0.5) is 5.69 Å². The Morgan fingerprint density at radius 3 is 2.48 bits per heavy atom. The SMILES string of the molecule is COc1ccc(OC)c(NC(=S)NC2CCN(C(C)C)CC2)c1. The Labute approximate surface area is 144 Å². The molecular formula is C17H27N3O2S. The lowest BCUT2D eigenvalue weighted by molar-refractivity contribution is 0.168. The Kier molecular flexibility index (Phi) is 6.47. The standard InChI is InChI=1S/C17H27N3O2S/c1-12(2)20-9-7-13(8-10-20)18-17(23)19-15-11-14(21-3)5-6-16(15)22-4/h5-6,11-13H,7-10H2,1-4H3,(H2,18,19,23). The molecule has 5 nitrogen and oxygen atoms in total. The van der Waals surface area contributed by atoms with E-state index in [9.17, 15) is 0 Å². The second kappa shape index (κ2) is 8.36. The number of methoxy groups -OCH3 is 2. The van der Waals surface area contributed by atoms with E-state index in [0.717, 1.165) is 43.1 Å². The summed E-state index contributed by atoms with van der Waals surface area (Å²) < 4.78 is 10.6. The van der Waals surface area contributed by atoms with Gasteiger partial charge >= 0.3 is 0 Å². The molecule has 0 unspecified atom stereocenters. The number of piperidine rings is 1. The van der Waals surface area contributed by atoms with Crippen LogP contribution in [-0.4, -0.2) is 49.4 Å². The molecule has 6 heteroatoms. The zero-order valence-corrected chi connectivity index (χ0v) is 15.2. The molecule has 1 aliphatic heterocycles. The van der Waals surface area contributed by atoms with Crippen LogP contribution < -0.4 is 20.1 Å². The number of nitrogens with one attached hydrogen (secondary N) is 2. The van der Waals surface area contributed by atoms with Gasteiger partial charge in [0, 0.05) is 31.2 Å². The van der Waals surface area contributed by atoms with E-state index in [1.807, 2.05) is 18.2 Å². The van der Waals surface area contributed by atoms with Crippen molar-refractivity contribution in [3.63, 3.8) is 0 Å². The first-order valence-corrected chi connectivity index (χ1v) is 8.48. The maximum Gasteiger partial charge on any atom is 0.171 e. The van der Waals surface area contributed by atoms with E-state index < -0.39 is 0 Å². The fourth-order valence-electron chi connectivity index (χ4n) is 2.82. The van der Waals surface area contributed by atoms with Crippen molar-refractivity contribution in [1.82, 2.24) is 10.2 Å². The minimum Gasteiger partial charge on any atom is -0.497 e. The van der Waals surface area contributed by atoms with Gasteiger partial charge < -0.3 is 25.0 Å². The molecule has 0 atom stereocenters. The Bertz CT molecular complexity index is 529. The maximum atomic E-state index is 5.45. The molecule has 0 amide bonds. The fraction of sp³-hybridized carbons (Fsp3) is 0.588. The Morgan fingerprint density at radius 2 is 1.91 bits per heavy atom. The van der Waals surface area contributed by atoms with Crippen molar-refractivity contribution in [1.29, 1.82) is 0 Å². The molecule has 128 valence electrons. The number of thiocarbonyl (C=S) groups is 1. The predicted molar refractivity (Wildman–Crippen MR) is 98.6 cm³/mol. The van der Waals surface area contributed by atoms with Gasteiger partial charge in [-0.2, -0.15) is 0 Å². The summed E-state index contributed by atoms with van der Waals surface area (Å²) in [5, 5.41) is 7.26. The third-order valence-corrected chi connectivity index (χ3v) is 4.47. The summed E-state index contributed by atoms with van der Waals surface area (Å²) in [5.74, 6) is 1.51. The van der Waals surface area contributed by atoms with Gasteiger partial charge in [0.1, 0.15) is 11.5 Å². The number of hydrogen-bond donors (Lipinski definition) is 2. The largest absolute Gasteiger partial charge is 0.497 e. The van der Waals surface area contributed by atoms with Crippen molar-refractivity contribution < 1.29 is 9.47 Å². The molecule has 0 aliphatic carbocycles. The number of nitrogens with zero attached hydrogens (tertiary/aromatic N) is 1. The van der Waals surface area contributed by atoms with Crippen molar-refractivity contribution in [2.24, 2.45) is 0 Å². The Balaban J connectivity index is 1.90. The average Bonchev–Trinajstić information content (AvgIpc) is 2.55. The van der Waals surface area contributed by atoms with Gasteiger partial charge in [-0.05, 0) is 51.0 Å². The highest BCUT2D eigenvalue weighted by Gasteiger charge is 2.21. The van der Waals surface area contributed by atoms with E-state index in [1.165, 1.54) is 0 Å². The van der Waals surface area contributed by atoms with Gasteiger partial charge in [0.2, 0.25) is 0 Å². The zero-order valence-electron chi connectivity index (χ0n) is 14.4. The smallest absolute Gasteiger partial charge is 0.171 e. The van der Waals surface area contributed by atoms with E-state index in [2.05, 4.69) is 29.4 Å². The van der Waals surface area contributed by atoms with Crippen LogP contribution in [0.3, 0.4) is 0 Å². The lowest BCUT2D eigenvalue weighted by Gasteiger charge is -2.35. The molecule has 2 rings (SSSR count). The molecule has 1 aliphatic rings. The highest BCUT2D eigenvalue weighted by atomic mass is 32.1. The molecule has 1 aromatic carbocycles. The van der Waals surface area contributed by atoms with Gasteiger partial charge in [0.25, 0.3) is 0 Å². The van der Waals surface area contributed by atoms with Crippen molar-refractivity contribution in [2.45, 2.75) is 38.8 Å². The summed E-state index contributed by atoms with van der Waals surface area (Å²) in [6.07, 6.45) is 2.21. The van der Waals surface area contributed by atoms with Crippen LogP contribution in [0.2, 0.25) is 0 Å². The fourth-order valence-corrected chi connectivity index (χ4v) is 3.09. The summed E-state index contributed by atoms with van der Waals surface area (Å²) in [6, 6.07) is 6.64. The first-order valence-electron chi connectivity index (χ1n) is 8.07. The molecule has 0 aromatic heterocycles.